The molecule has 1 aromatic rings. The van der Waals surface area contributed by atoms with E-state index in [1.54, 1.807) is 12.1 Å². The fraction of sp³-hybridized carbons (Fsp3) is 0.222. The number of carbonyl (C=O) groups excluding carboxylic acids is 1. The maximum atomic E-state index is 11.5. The summed E-state index contributed by atoms with van der Waals surface area (Å²) in [6.07, 6.45) is 0. The highest BCUT2D eigenvalue weighted by Crippen LogP contribution is 2.06. The highest BCUT2D eigenvalue weighted by molar-refractivity contribution is 9.10. The fourth-order valence-corrected chi connectivity index (χ4v) is 1.21. The van der Waals surface area contributed by atoms with Gasteiger partial charge in [-0.15, -0.1) is 0 Å². The summed E-state index contributed by atoms with van der Waals surface area (Å²) < 4.78 is 0.526. The molecule has 0 saturated heterocycles. The SMILES string of the molecule is C[C@H](NC(=O)c1cccc(Br)n1)C(=O)O. The van der Waals surface area contributed by atoms with E-state index in [0.29, 0.717) is 4.60 Å². The Morgan fingerprint density at radius 3 is 2.73 bits per heavy atom. The minimum atomic E-state index is -1.08. The fourth-order valence-electron chi connectivity index (χ4n) is 0.867. The summed E-state index contributed by atoms with van der Waals surface area (Å²) in [6, 6.07) is 3.90. The van der Waals surface area contributed by atoms with E-state index in [0.717, 1.165) is 0 Å². The van der Waals surface area contributed by atoms with Crippen molar-refractivity contribution in [2.45, 2.75) is 13.0 Å². The predicted octanol–water partition coefficient (Wildman–Crippen LogP) is 1.05. The number of nitrogens with one attached hydrogen (secondary N) is 1. The molecule has 2 N–H and O–H groups in total. The average Bonchev–Trinajstić information content (AvgIpc) is 2.17. The van der Waals surface area contributed by atoms with Crippen molar-refractivity contribution in [1.29, 1.82) is 0 Å². The number of halogens is 1. The molecule has 80 valence electrons. The number of rotatable bonds is 3. The van der Waals surface area contributed by atoms with Gasteiger partial charge in [0, 0.05) is 0 Å². The largest absolute Gasteiger partial charge is 0.480 e. The first-order valence-corrected chi connectivity index (χ1v) is 4.96. The lowest BCUT2D eigenvalue weighted by atomic mass is 10.3. The number of aromatic nitrogens is 1. The lowest BCUT2D eigenvalue weighted by Crippen LogP contribution is -2.38. The molecule has 0 bridgehead atoms. The summed E-state index contributed by atoms with van der Waals surface area (Å²) in [5.41, 5.74) is 0.178. The number of carboxylic acids is 1. The van der Waals surface area contributed by atoms with Crippen molar-refractivity contribution in [3.8, 4) is 0 Å². The van der Waals surface area contributed by atoms with Crippen molar-refractivity contribution in [1.82, 2.24) is 10.3 Å². The Kier molecular flexibility index (Phi) is 3.79. The standard InChI is InChI=1S/C9H9BrN2O3/c1-5(9(14)15)11-8(13)6-3-2-4-7(10)12-6/h2-5H,1H3,(H,11,13)(H,14,15)/t5-/m0/s1. The maximum Gasteiger partial charge on any atom is 0.325 e. The van der Waals surface area contributed by atoms with Crippen LogP contribution in [0.4, 0.5) is 0 Å². The third kappa shape index (κ3) is 3.32. The van der Waals surface area contributed by atoms with Crippen LogP contribution in [0.25, 0.3) is 0 Å². The van der Waals surface area contributed by atoms with Gasteiger partial charge in [-0.2, -0.15) is 0 Å². The van der Waals surface area contributed by atoms with Gasteiger partial charge < -0.3 is 10.4 Å². The minimum absolute atomic E-state index is 0.178. The van der Waals surface area contributed by atoms with Gasteiger partial charge in [0.15, 0.2) is 0 Å². The molecule has 15 heavy (non-hydrogen) atoms. The van der Waals surface area contributed by atoms with Gasteiger partial charge in [-0.25, -0.2) is 4.98 Å². The normalized spacial score (nSPS) is 11.9. The molecule has 0 aliphatic heterocycles. The summed E-state index contributed by atoms with van der Waals surface area (Å²) >= 11 is 3.12. The molecule has 1 atom stereocenters. The number of amides is 1. The third-order valence-electron chi connectivity index (χ3n) is 1.67. The van der Waals surface area contributed by atoms with Gasteiger partial charge in [0.2, 0.25) is 0 Å². The smallest absolute Gasteiger partial charge is 0.325 e. The van der Waals surface area contributed by atoms with Crippen molar-refractivity contribution < 1.29 is 14.7 Å². The van der Waals surface area contributed by atoms with E-state index in [4.69, 9.17) is 5.11 Å². The number of carboxylic acid groups (broad SMARTS) is 1. The second kappa shape index (κ2) is 4.88. The molecule has 0 spiro atoms. The molecule has 0 aliphatic rings. The summed E-state index contributed by atoms with van der Waals surface area (Å²) in [7, 11) is 0. The highest BCUT2D eigenvalue weighted by Gasteiger charge is 2.15. The molecule has 0 saturated carbocycles. The first kappa shape index (κ1) is 11.6. The van der Waals surface area contributed by atoms with E-state index in [1.807, 2.05) is 0 Å². The van der Waals surface area contributed by atoms with Crippen LogP contribution in [0.2, 0.25) is 0 Å². The molecule has 1 heterocycles. The lowest BCUT2D eigenvalue weighted by Gasteiger charge is -2.08. The molecule has 5 nitrogen and oxygen atoms in total. The molecular weight excluding hydrogens is 264 g/mol. The Balaban J connectivity index is 2.73. The van der Waals surface area contributed by atoms with Gasteiger partial charge in [-0.3, -0.25) is 9.59 Å². The van der Waals surface area contributed by atoms with Crippen LogP contribution in [0.5, 0.6) is 0 Å². The molecule has 0 aliphatic carbocycles. The molecule has 1 aromatic heterocycles. The molecule has 0 radical (unpaired) electrons. The Bertz CT molecular complexity index is 395. The molecule has 1 amide bonds. The lowest BCUT2D eigenvalue weighted by molar-refractivity contribution is -0.138. The zero-order chi connectivity index (χ0) is 11.4. The van der Waals surface area contributed by atoms with E-state index in [2.05, 4.69) is 26.2 Å². The summed E-state index contributed by atoms with van der Waals surface area (Å²) in [4.78, 5) is 25.8. The first-order valence-electron chi connectivity index (χ1n) is 4.17. The third-order valence-corrected chi connectivity index (χ3v) is 2.11. The van der Waals surface area contributed by atoms with Gasteiger partial charge in [0.25, 0.3) is 5.91 Å². The molecule has 1 rings (SSSR count). The Morgan fingerprint density at radius 1 is 1.53 bits per heavy atom. The van der Waals surface area contributed by atoms with Gasteiger partial charge in [-0.05, 0) is 35.0 Å². The second-order valence-corrected chi connectivity index (χ2v) is 3.69. The van der Waals surface area contributed by atoms with Crippen LogP contribution in [0.1, 0.15) is 17.4 Å². The zero-order valence-corrected chi connectivity index (χ0v) is 9.48. The monoisotopic (exact) mass is 272 g/mol. The zero-order valence-electron chi connectivity index (χ0n) is 7.90. The summed E-state index contributed by atoms with van der Waals surface area (Å²) in [6.45, 7) is 1.39. The van der Waals surface area contributed by atoms with Crippen LogP contribution in [0, 0.1) is 0 Å². The molecule has 0 fully saturated rings. The number of pyridine rings is 1. The number of carbonyl (C=O) groups is 2. The number of hydrogen-bond acceptors (Lipinski definition) is 3. The molecule has 6 heteroatoms. The average molecular weight is 273 g/mol. The van der Waals surface area contributed by atoms with Crippen molar-refractivity contribution in [2.24, 2.45) is 0 Å². The first-order chi connectivity index (χ1) is 7.00. The topological polar surface area (TPSA) is 79.3 Å². The van der Waals surface area contributed by atoms with E-state index < -0.39 is 17.9 Å². The maximum absolute atomic E-state index is 11.5. The van der Waals surface area contributed by atoms with Crippen LogP contribution in [0.15, 0.2) is 22.8 Å². The molecule has 0 aromatic carbocycles. The van der Waals surface area contributed by atoms with Crippen molar-refractivity contribution in [3.05, 3.63) is 28.5 Å². The second-order valence-electron chi connectivity index (χ2n) is 2.88. The van der Waals surface area contributed by atoms with Crippen LogP contribution in [-0.4, -0.2) is 28.0 Å². The predicted molar refractivity (Wildman–Crippen MR) is 56.5 cm³/mol. The Labute approximate surface area is 94.6 Å². The van der Waals surface area contributed by atoms with E-state index in [9.17, 15) is 9.59 Å². The number of hydrogen-bond donors (Lipinski definition) is 2. The van der Waals surface area contributed by atoms with Crippen molar-refractivity contribution in [2.75, 3.05) is 0 Å². The van der Waals surface area contributed by atoms with Gasteiger partial charge in [0.05, 0.1) is 0 Å². The van der Waals surface area contributed by atoms with Gasteiger partial charge >= 0.3 is 5.97 Å². The van der Waals surface area contributed by atoms with Crippen LogP contribution in [0.3, 0.4) is 0 Å². The molecular formula is C9H9BrN2O3. The summed E-state index contributed by atoms with van der Waals surface area (Å²) in [5.74, 6) is -1.59. The highest BCUT2D eigenvalue weighted by atomic mass is 79.9. The Morgan fingerprint density at radius 2 is 2.20 bits per heavy atom. The van der Waals surface area contributed by atoms with Gasteiger partial charge in [-0.1, -0.05) is 6.07 Å². The van der Waals surface area contributed by atoms with Crippen LogP contribution >= 0.6 is 15.9 Å². The summed E-state index contributed by atoms with van der Waals surface area (Å²) in [5, 5.41) is 10.9. The number of aliphatic carboxylic acids is 1. The minimum Gasteiger partial charge on any atom is -0.480 e. The van der Waals surface area contributed by atoms with E-state index in [-0.39, 0.29) is 5.69 Å². The van der Waals surface area contributed by atoms with E-state index in [1.165, 1.54) is 13.0 Å². The van der Waals surface area contributed by atoms with Crippen LogP contribution < -0.4 is 5.32 Å². The van der Waals surface area contributed by atoms with E-state index >= 15 is 0 Å². The van der Waals surface area contributed by atoms with Crippen molar-refractivity contribution in [3.63, 3.8) is 0 Å². The Hall–Kier alpha value is -1.43. The number of nitrogens with zero attached hydrogens (tertiary/aromatic N) is 1. The quantitative estimate of drug-likeness (QED) is 0.807. The molecule has 0 unspecified atom stereocenters. The van der Waals surface area contributed by atoms with Gasteiger partial charge in [0.1, 0.15) is 16.3 Å². The van der Waals surface area contributed by atoms with Crippen LogP contribution in [-0.2, 0) is 4.79 Å². The van der Waals surface area contributed by atoms with Crippen molar-refractivity contribution >= 4 is 27.8 Å².